The van der Waals surface area contributed by atoms with Crippen LogP contribution in [-0.4, -0.2) is 18.1 Å². The summed E-state index contributed by atoms with van der Waals surface area (Å²) in [6.45, 7) is 4.31. The molecule has 3 nitrogen and oxygen atoms in total. The van der Waals surface area contributed by atoms with Crippen molar-refractivity contribution in [2.75, 3.05) is 23.7 Å². The smallest absolute Gasteiger partial charge is 0.153 e. The molecule has 82 valence electrons. The topological polar surface area (TPSA) is 42.2 Å². The molecule has 0 aliphatic carbocycles. The average molecular weight is 226 g/mol. The quantitative estimate of drug-likeness (QED) is 0.747. The molecule has 4 heteroatoms. The van der Waals surface area contributed by atoms with Crippen molar-refractivity contribution in [1.82, 2.24) is 4.98 Å². The van der Waals surface area contributed by atoms with Gasteiger partial charge in [0.1, 0.15) is 5.15 Å². The van der Waals surface area contributed by atoms with Gasteiger partial charge in [-0.1, -0.05) is 18.5 Å². The number of halogens is 1. The third kappa shape index (κ3) is 2.34. The summed E-state index contributed by atoms with van der Waals surface area (Å²) in [7, 11) is 0. The largest absolute Gasteiger partial charge is 0.396 e. The number of piperidine rings is 1. The first kappa shape index (κ1) is 10.6. The Kier molecular flexibility index (Phi) is 3.00. The predicted octanol–water partition coefficient (Wildman–Crippen LogP) is 2.55. The van der Waals surface area contributed by atoms with Crippen LogP contribution in [0.4, 0.5) is 11.5 Å². The van der Waals surface area contributed by atoms with E-state index in [1.807, 2.05) is 6.07 Å². The van der Waals surface area contributed by atoms with Crippen LogP contribution in [0, 0.1) is 5.92 Å². The van der Waals surface area contributed by atoms with Gasteiger partial charge in [-0.2, -0.15) is 0 Å². The lowest BCUT2D eigenvalue weighted by Crippen LogP contribution is -2.35. The molecule has 0 amide bonds. The maximum Gasteiger partial charge on any atom is 0.153 e. The molecule has 1 aliphatic rings. The van der Waals surface area contributed by atoms with Crippen molar-refractivity contribution < 1.29 is 0 Å². The Bertz CT molecular complexity index is 354. The van der Waals surface area contributed by atoms with Gasteiger partial charge in [-0.05, 0) is 30.9 Å². The standard InChI is InChI=1S/C11H16ClN3/c1-8-3-2-6-15(7-8)11-9(13)4-5-10(12)14-11/h4-5,8H,2-3,6-7,13H2,1H3. The number of aromatic nitrogens is 1. The summed E-state index contributed by atoms with van der Waals surface area (Å²) >= 11 is 5.88. The van der Waals surface area contributed by atoms with Crippen molar-refractivity contribution >= 4 is 23.1 Å². The van der Waals surface area contributed by atoms with Crippen LogP contribution >= 0.6 is 11.6 Å². The van der Waals surface area contributed by atoms with E-state index in [1.54, 1.807) is 6.07 Å². The maximum atomic E-state index is 5.90. The predicted molar refractivity (Wildman–Crippen MR) is 64.3 cm³/mol. The van der Waals surface area contributed by atoms with Crippen LogP contribution in [-0.2, 0) is 0 Å². The van der Waals surface area contributed by atoms with Gasteiger partial charge in [-0.25, -0.2) is 4.98 Å². The lowest BCUT2D eigenvalue weighted by atomic mass is 10.0. The van der Waals surface area contributed by atoms with Gasteiger partial charge in [0.2, 0.25) is 0 Å². The summed E-state index contributed by atoms with van der Waals surface area (Å²) in [5.41, 5.74) is 6.62. The minimum absolute atomic E-state index is 0.512. The number of nitrogen functional groups attached to an aromatic ring is 1. The summed E-state index contributed by atoms with van der Waals surface area (Å²) < 4.78 is 0. The molecule has 2 N–H and O–H groups in total. The second-order valence-corrected chi connectivity index (χ2v) is 4.63. The van der Waals surface area contributed by atoms with E-state index in [2.05, 4.69) is 16.8 Å². The highest BCUT2D eigenvalue weighted by Gasteiger charge is 2.19. The number of pyridine rings is 1. The molecular formula is C11H16ClN3. The molecule has 0 spiro atoms. The lowest BCUT2D eigenvalue weighted by molar-refractivity contribution is 0.445. The van der Waals surface area contributed by atoms with Crippen molar-refractivity contribution in [2.24, 2.45) is 5.92 Å². The molecule has 0 bridgehead atoms. The average Bonchev–Trinajstić information content (AvgIpc) is 2.22. The molecule has 1 fully saturated rings. The lowest BCUT2D eigenvalue weighted by Gasteiger charge is -2.32. The zero-order valence-corrected chi connectivity index (χ0v) is 9.67. The monoisotopic (exact) mass is 225 g/mol. The van der Waals surface area contributed by atoms with Gasteiger partial charge in [-0.3, -0.25) is 0 Å². The van der Waals surface area contributed by atoms with Gasteiger partial charge in [0.25, 0.3) is 0 Å². The van der Waals surface area contributed by atoms with Gasteiger partial charge >= 0.3 is 0 Å². The van der Waals surface area contributed by atoms with Crippen LogP contribution in [0.15, 0.2) is 12.1 Å². The first-order valence-corrected chi connectivity index (χ1v) is 5.71. The van der Waals surface area contributed by atoms with Crippen LogP contribution in [0.5, 0.6) is 0 Å². The fraction of sp³-hybridized carbons (Fsp3) is 0.545. The Hall–Kier alpha value is -0.960. The van der Waals surface area contributed by atoms with E-state index in [-0.39, 0.29) is 0 Å². The molecule has 1 aromatic rings. The number of hydrogen-bond acceptors (Lipinski definition) is 3. The minimum Gasteiger partial charge on any atom is -0.396 e. The normalized spacial score (nSPS) is 21.7. The Morgan fingerprint density at radius 2 is 2.33 bits per heavy atom. The third-order valence-corrected chi connectivity index (χ3v) is 3.04. The fourth-order valence-corrected chi connectivity index (χ4v) is 2.21. The highest BCUT2D eigenvalue weighted by molar-refractivity contribution is 6.29. The Morgan fingerprint density at radius 3 is 3.07 bits per heavy atom. The molecule has 1 aromatic heterocycles. The van der Waals surface area contributed by atoms with E-state index in [0.717, 1.165) is 18.9 Å². The summed E-state index contributed by atoms with van der Waals surface area (Å²) in [5, 5.41) is 0.512. The van der Waals surface area contributed by atoms with E-state index >= 15 is 0 Å². The Labute approximate surface area is 95.2 Å². The summed E-state index contributed by atoms with van der Waals surface area (Å²) in [6, 6.07) is 3.55. The molecule has 0 saturated carbocycles. The van der Waals surface area contributed by atoms with Crippen molar-refractivity contribution in [1.29, 1.82) is 0 Å². The van der Waals surface area contributed by atoms with Crippen LogP contribution in [0.1, 0.15) is 19.8 Å². The van der Waals surface area contributed by atoms with Crippen LogP contribution in [0.2, 0.25) is 5.15 Å². The van der Waals surface area contributed by atoms with E-state index in [1.165, 1.54) is 12.8 Å². The molecule has 1 aliphatic heterocycles. The van der Waals surface area contributed by atoms with Crippen molar-refractivity contribution in [2.45, 2.75) is 19.8 Å². The van der Waals surface area contributed by atoms with Gasteiger partial charge in [-0.15, -0.1) is 0 Å². The van der Waals surface area contributed by atoms with E-state index in [4.69, 9.17) is 17.3 Å². The number of nitrogens with zero attached hydrogens (tertiary/aromatic N) is 2. The number of hydrogen-bond donors (Lipinski definition) is 1. The van der Waals surface area contributed by atoms with Crippen LogP contribution < -0.4 is 10.6 Å². The zero-order chi connectivity index (χ0) is 10.8. The highest BCUT2D eigenvalue weighted by Crippen LogP contribution is 2.27. The number of rotatable bonds is 1. The van der Waals surface area contributed by atoms with E-state index in [0.29, 0.717) is 16.8 Å². The molecule has 2 heterocycles. The minimum atomic E-state index is 0.512. The Morgan fingerprint density at radius 1 is 1.53 bits per heavy atom. The van der Waals surface area contributed by atoms with Gasteiger partial charge in [0, 0.05) is 13.1 Å². The number of nitrogens with two attached hydrogens (primary N) is 1. The first-order valence-electron chi connectivity index (χ1n) is 5.34. The summed E-state index contributed by atoms with van der Waals surface area (Å²) in [5.74, 6) is 1.55. The molecular weight excluding hydrogens is 210 g/mol. The molecule has 1 saturated heterocycles. The summed E-state index contributed by atoms with van der Waals surface area (Å²) in [6.07, 6.45) is 2.49. The molecule has 1 atom stereocenters. The van der Waals surface area contributed by atoms with E-state index < -0.39 is 0 Å². The molecule has 2 rings (SSSR count). The highest BCUT2D eigenvalue weighted by atomic mass is 35.5. The van der Waals surface area contributed by atoms with Gasteiger partial charge in [0.15, 0.2) is 5.82 Å². The summed E-state index contributed by atoms with van der Waals surface area (Å²) in [4.78, 5) is 6.53. The van der Waals surface area contributed by atoms with Gasteiger partial charge < -0.3 is 10.6 Å². The molecule has 15 heavy (non-hydrogen) atoms. The van der Waals surface area contributed by atoms with Crippen molar-refractivity contribution in [3.05, 3.63) is 17.3 Å². The second kappa shape index (κ2) is 4.27. The fourth-order valence-electron chi connectivity index (χ4n) is 2.07. The SMILES string of the molecule is CC1CCCN(c2nc(Cl)ccc2N)C1. The first-order chi connectivity index (χ1) is 7.16. The van der Waals surface area contributed by atoms with E-state index in [9.17, 15) is 0 Å². The molecule has 0 aromatic carbocycles. The van der Waals surface area contributed by atoms with Crippen molar-refractivity contribution in [3.8, 4) is 0 Å². The van der Waals surface area contributed by atoms with Crippen LogP contribution in [0.3, 0.4) is 0 Å². The zero-order valence-electron chi connectivity index (χ0n) is 8.91. The number of anilines is 2. The van der Waals surface area contributed by atoms with Gasteiger partial charge in [0.05, 0.1) is 5.69 Å². The molecule has 0 radical (unpaired) electrons. The van der Waals surface area contributed by atoms with Crippen molar-refractivity contribution in [3.63, 3.8) is 0 Å². The molecule has 1 unspecified atom stereocenters. The third-order valence-electron chi connectivity index (χ3n) is 2.83. The second-order valence-electron chi connectivity index (χ2n) is 4.24. The maximum absolute atomic E-state index is 5.90. The Balaban J connectivity index is 2.24. The van der Waals surface area contributed by atoms with Crippen LogP contribution in [0.25, 0.3) is 0 Å².